The zero-order valence-corrected chi connectivity index (χ0v) is 15.0. The summed E-state index contributed by atoms with van der Waals surface area (Å²) in [6, 6.07) is 9.78. The molecule has 0 bridgehead atoms. The van der Waals surface area contributed by atoms with Crippen LogP contribution in [0.3, 0.4) is 0 Å². The summed E-state index contributed by atoms with van der Waals surface area (Å²) in [4.78, 5) is 29.9. The van der Waals surface area contributed by atoms with E-state index in [-0.39, 0.29) is 11.1 Å². The number of piperazine rings is 1. The van der Waals surface area contributed by atoms with Crippen LogP contribution in [0.25, 0.3) is 0 Å². The van der Waals surface area contributed by atoms with Gasteiger partial charge in [-0.05, 0) is 17.7 Å². The van der Waals surface area contributed by atoms with Crippen LogP contribution in [-0.2, 0) is 11.3 Å². The Balaban J connectivity index is 1.41. The van der Waals surface area contributed by atoms with E-state index in [9.17, 15) is 9.59 Å². The summed E-state index contributed by atoms with van der Waals surface area (Å²) in [5.41, 5.74) is 1.86. The molecule has 0 atom stereocenters. The van der Waals surface area contributed by atoms with E-state index in [0.717, 1.165) is 45.0 Å². The van der Waals surface area contributed by atoms with Gasteiger partial charge in [0.25, 0.3) is 5.24 Å². The molecule has 0 spiro atoms. The summed E-state index contributed by atoms with van der Waals surface area (Å²) >= 11 is 1.33. The van der Waals surface area contributed by atoms with Crippen molar-refractivity contribution < 1.29 is 9.59 Å². The minimum absolute atomic E-state index is 0.0973. The maximum Gasteiger partial charge on any atom is 0.281 e. The van der Waals surface area contributed by atoms with Crippen LogP contribution in [0.4, 0.5) is 4.79 Å². The number of nitriles is 1. The third-order valence-electron chi connectivity index (χ3n) is 4.65. The Labute approximate surface area is 152 Å². The first-order chi connectivity index (χ1) is 12.2. The van der Waals surface area contributed by atoms with Gasteiger partial charge in [0.1, 0.15) is 0 Å². The first-order valence-corrected chi connectivity index (χ1v) is 9.55. The second-order valence-corrected chi connectivity index (χ2v) is 7.36. The van der Waals surface area contributed by atoms with Crippen LogP contribution in [0, 0.1) is 11.3 Å². The van der Waals surface area contributed by atoms with Crippen molar-refractivity contribution in [3.63, 3.8) is 0 Å². The van der Waals surface area contributed by atoms with Crippen LogP contribution in [0.2, 0.25) is 0 Å². The molecular formula is C18H22N4O2S. The lowest BCUT2D eigenvalue weighted by Gasteiger charge is -2.35. The number of benzene rings is 1. The summed E-state index contributed by atoms with van der Waals surface area (Å²) in [6.45, 7) is 5.31. The van der Waals surface area contributed by atoms with Crippen molar-refractivity contribution in [3.8, 4) is 6.07 Å². The zero-order chi connectivity index (χ0) is 17.6. The van der Waals surface area contributed by atoms with Gasteiger partial charge < -0.3 is 9.80 Å². The first-order valence-electron chi connectivity index (χ1n) is 8.56. The van der Waals surface area contributed by atoms with Gasteiger partial charge in [-0.25, -0.2) is 0 Å². The smallest absolute Gasteiger partial charge is 0.281 e. The van der Waals surface area contributed by atoms with Gasteiger partial charge in [-0.3, -0.25) is 14.5 Å². The highest BCUT2D eigenvalue weighted by Crippen LogP contribution is 2.17. The van der Waals surface area contributed by atoms with Gasteiger partial charge in [0, 0.05) is 58.0 Å². The number of rotatable bonds is 5. The number of thioether (sulfide) groups is 1. The molecule has 3 rings (SSSR count). The van der Waals surface area contributed by atoms with E-state index >= 15 is 0 Å². The molecule has 0 aliphatic carbocycles. The Morgan fingerprint density at radius 3 is 2.44 bits per heavy atom. The van der Waals surface area contributed by atoms with Crippen molar-refractivity contribution in [1.82, 2.24) is 14.7 Å². The lowest BCUT2D eigenvalue weighted by Crippen LogP contribution is -2.48. The maximum absolute atomic E-state index is 12.3. The Morgan fingerprint density at radius 2 is 1.84 bits per heavy atom. The molecule has 0 radical (unpaired) electrons. The Kier molecular flexibility index (Phi) is 5.95. The molecule has 6 nitrogen and oxygen atoms in total. The van der Waals surface area contributed by atoms with Gasteiger partial charge in [0.05, 0.1) is 11.6 Å². The predicted octanol–water partition coefficient (Wildman–Crippen LogP) is 1.76. The highest BCUT2D eigenvalue weighted by Gasteiger charge is 2.24. The molecule has 7 heteroatoms. The third kappa shape index (κ3) is 4.74. The van der Waals surface area contributed by atoms with E-state index in [1.54, 1.807) is 4.90 Å². The van der Waals surface area contributed by atoms with Gasteiger partial charge in [0.15, 0.2) is 0 Å². The van der Waals surface area contributed by atoms with Gasteiger partial charge in [-0.15, -0.1) is 0 Å². The SMILES string of the molecule is N#Cc1ccc(CN2CCN(C(=O)CCN3CCSC3=O)CC2)cc1. The van der Waals surface area contributed by atoms with E-state index in [1.807, 2.05) is 29.2 Å². The van der Waals surface area contributed by atoms with Gasteiger partial charge >= 0.3 is 0 Å². The van der Waals surface area contributed by atoms with Crippen molar-refractivity contribution in [2.24, 2.45) is 0 Å². The molecule has 132 valence electrons. The maximum atomic E-state index is 12.3. The molecule has 2 heterocycles. The second kappa shape index (κ2) is 8.37. The summed E-state index contributed by atoms with van der Waals surface area (Å²) in [6.07, 6.45) is 0.419. The van der Waals surface area contributed by atoms with Crippen LogP contribution in [0.15, 0.2) is 24.3 Å². The van der Waals surface area contributed by atoms with E-state index in [0.29, 0.717) is 18.5 Å². The van der Waals surface area contributed by atoms with Crippen LogP contribution >= 0.6 is 11.8 Å². The molecule has 0 unspecified atom stereocenters. The molecule has 2 aliphatic heterocycles. The average molecular weight is 358 g/mol. The predicted molar refractivity (Wildman–Crippen MR) is 97.1 cm³/mol. The molecule has 2 fully saturated rings. The van der Waals surface area contributed by atoms with Crippen LogP contribution < -0.4 is 0 Å². The van der Waals surface area contributed by atoms with Crippen LogP contribution in [0.5, 0.6) is 0 Å². The molecule has 2 saturated heterocycles. The number of carbonyl (C=O) groups is 2. The highest BCUT2D eigenvalue weighted by molar-refractivity contribution is 8.13. The molecule has 0 aromatic heterocycles. The van der Waals surface area contributed by atoms with Crippen LogP contribution in [-0.4, -0.2) is 70.9 Å². The van der Waals surface area contributed by atoms with Gasteiger partial charge in [-0.2, -0.15) is 5.26 Å². The lowest BCUT2D eigenvalue weighted by molar-refractivity contribution is -0.133. The monoisotopic (exact) mass is 358 g/mol. The van der Waals surface area contributed by atoms with Crippen molar-refractivity contribution in [3.05, 3.63) is 35.4 Å². The summed E-state index contributed by atoms with van der Waals surface area (Å²) in [5, 5.41) is 8.94. The van der Waals surface area contributed by atoms with E-state index in [2.05, 4.69) is 11.0 Å². The second-order valence-electron chi connectivity index (χ2n) is 6.32. The Hall–Kier alpha value is -2.04. The van der Waals surface area contributed by atoms with Crippen LogP contribution in [0.1, 0.15) is 17.5 Å². The number of carbonyl (C=O) groups excluding carboxylic acids is 2. The fraction of sp³-hybridized carbons (Fsp3) is 0.500. The number of hydrogen-bond acceptors (Lipinski definition) is 5. The molecule has 1 aromatic rings. The molecule has 0 N–H and O–H groups in total. The van der Waals surface area contributed by atoms with Crippen molar-refractivity contribution >= 4 is 22.9 Å². The average Bonchev–Trinajstić information content (AvgIpc) is 3.06. The third-order valence-corrected chi connectivity index (χ3v) is 5.55. The number of hydrogen-bond donors (Lipinski definition) is 0. The molecule has 1 aromatic carbocycles. The first kappa shape index (κ1) is 17.8. The minimum Gasteiger partial charge on any atom is -0.340 e. The standard InChI is InChI=1S/C18H22N4O2S/c19-13-15-1-3-16(4-2-15)14-20-7-9-21(10-8-20)17(23)5-6-22-11-12-25-18(22)24/h1-4H,5-12,14H2. The largest absolute Gasteiger partial charge is 0.340 e. The summed E-state index contributed by atoms with van der Waals surface area (Å²) in [7, 11) is 0. The summed E-state index contributed by atoms with van der Waals surface area (Å²) in [5.74, 6) is 0.976. The van der Waals surface area contributed by atoms with E-state index < -0.39 is 0 Å². The Morgan fingerprint density at radius 1 is 1.12 bits per heavy atom. The normalized spacial score (nSPS) is 18.4. The Bertz CT molecular complexity index is 663. The fourth-order valence-corrected chi connectivity index (χ4v) is 3.97. The number of nitrogens with zero attached hydrogens (tertiary/aromatic N) is 4. The van der Waals surface area contributed by atoms with Crippen molar-refractivity contribution in [1.29, 1.82) is 5.26 Å². The van der Waals surface area contributed by atoms with Crippen molar-refractivity contribution in [2.45, 2.75) is 13.0 Å². The molecule has 2 aliphatic rings. The zero-order valence-electron chi connectivity index (χ0n) is 14.2. The molecule has 0 saturated carbocycles. The van der Waals surface area contributed by atoms with Crippen molar-refractivity contribution in [2.75, 3.05) is 45.0 Å². The minimum atomic E-state index is 0.0973. The molecule has 25 heavy (non-hydrogen) atoms. The fourth-order valence-electron chi connectivity index (χ4n) is 3.12. The number of amides is 2. The van der Waals surface area contributed by atoms with Gasteiger partial charge in [-0.1, -0.05) is 23.9 Å². The molecule has 2 amide bonds. The quantitative estimate of drug-likeness (QED) is 0.802. The topological polar surface area (TPSA) is 67.7 Å². The lowest BCUT2D eigenvalue weighted by atomic mass is 10.1. The van der Waals surface area contributed by atoms with E-state index in [4.69, 9.17) is 5.26 Å². The summed E-state index contributed by atoms with van der Waals surface area (Å²) < 4.78 is 0. The highest BCUT2D eigenvalue weighted by atomic mass is 32.2. The molecular weight excluding hydrogens is 336 g/mol. The van der Waals surface area contributed by atoms with E-state index in [1.165, 1.54) is 17.3 Å². The van der Waals surface area contributed by atoms with Gasteiger partial charge in [0.2, 0.25) is 5.91 Å².